The Hall–Kier alpha value is -2.29. The zero-order valence-corrected chi connectivity index (χ0v) is 15.4. The first-order valence-electron chi connectivity index (χ1n) is 8.81. The fourth-order valence-electron chi connectivity index (χ4n) is 2.83. The molecule has 0 radical (unpaired) electrons. The van der Waals surface area contributed by atoms with Crippen molar-refractivity contribution in [3.8, 4) is 11.5 Å². The number of hydrogen-bond acceptors (Lipinski definition) is 7. The molecule has 8 nitrogen and oxygen atoms in total. The summed E-state index contributed by atoms with van der Waals surface area (Å²) in [6.45, 7) is 4.29. The monoisotopic (exact) mass is 375 g/mol. The Labute approximate surface area is 155 Å². The molecule has 9 heteroatoms. The third-order valence-electron chi connectivity index (χ3n) is 4.39. The van der Waals surface area contributed by atoms with E-state index in [4.69, 9.17) is 9.47 Å². The lowest BCUT2D eigenvalue weighted by Crippen LogP contribution is -2.31. The lowest BCUT2D eigenvalue weighted by molar-refractivity contribution is -0.128. The Kier molecular flexibility index (Phi) is 4.96. The summed E-state index contributed by atoms with van der Waals surface area (Å²) in [4.78, 5) is 14.5. The molecule has 0 unspecified atom stereocenters. The number of thioether (sulfide) groups is 1. The van der Waals surface area contributed by atoms with E-state index < -0.39 is 0 Å². The zero-order valence-electron chi connectivity index (χ0n) is 14.6. The van der Waals surface area contributed by atoms with Crippen LogP contribution in [0.4, 0.5) is 0 Å². The van der Waals surface area contributed by atoms with E-state index in [2.05, 4.69) is 15.5 Å². The van der Waals surface area contributed by atoms with Crippen LogP contribution in [-0.2, 0) is 11.3 Å². The third-order valence-corrected chi connectivity index (χ3v) is 5.31. The van der Waals surface area contributed by atoms with Gasteiger partial charge >= 0.3 is 0 Å². The van der Waals surface area contributed by atoms with Gasteiger partial charge in [0, 0.05) is 13.1 Å². The fourth-order valence-corrected chi connectivity index (χ4v) is 3.68. The number of aromatic nitrogens is 4. The van der Waals surface area contributed by atoms with Gasteiger partial charge in [0.05, 0.1) is 11.8 Å². The minimum atomic E-state index is 0.0673. The van der Waals surface area contributed by atoms with Crippen LogP contribution < -0.4 is 9.47 Å². The van der Waals surface area contributed by atoms with Crippen LogP contribution in [0.2, 0.25) is 0 Å². The first-order valence-corrected chi connectivity index (χ1v) is 9.80. The molecule has 1 aliphatic heterocycles. The number of fused-ring (bicyclic) bond motifs is 1. The molecular weight excluding hydrogens is 354 g/mol. The van der Waals surface area contributed by atoms with Gasteiger partial charge in [0.1, 0.15) is 13.2 Å². The number of carbonyl (C=O) groups is 1. The van der Waals surface area contributed by atoms with Gasteiger partial charge in [0.25, 0.3) is 0 Å². The molecule has 0 N–H and O–H groups in total. The van der Waals surface area contributed by atoms with Crippen molar-refractivity contribution in [3.05, 3.63) is 23.8 Å². The number of ether oxygens (including phenoxy) is 2. The van der Waals surface area contributed by atoms with Crippen molar-refractivity contribution in [2.24, 2.45) is 0 Å². The molecule has 0 saturated heterocycles. The van der Waals surface area contributed by atoms with Gasteiger partial charge in [0.2, 0.25) is 11.1 Å². The smallest absolute Gasteiger partial charge is 0.233 e. The van der Waals surface area contributed by atoms with E-state index in [1.54, 1.807) is 0 Å². The Morgan fingerprint density at radius 1 is 1.31 bits per heavy atom. The average Bonchev–Trinajstić information content (AvgIpc) is 3.41. The van der Waals surface area contributed by atoms with E-state index in [-0.39, 0.29) is 5.91 Å². The Bertz CT molecular complexity index is 792. The predicted octanol–water partition coefficient (Wildman–Crippen LogP) is 1.92. The van der Waals surface area contributed by atoms with Crippen molar-refractivity contribution in [2.45, 2.75) is 37.5 Å². The standard InChI is InChI=1S/C17H21N5O3S/c1-2-21(10-12-3-6-14-15(9-12)25-8-7-24-14)16(23)11-26-17-18-19-20-22(17)13-4-5-13/h3,6,9,13H,2,4-5,7-8,10-11H2,1H3. The molecule has 1 fully saturated rings. The van der Waals surface area contributed by atoms with E-state index in [0.717, 1.165) is 35.1 Å². The van der Waals surface area contributed by atoms with Crippen LogP contribution in [0.3, 0.4) is 0 Å². The number of rotatable bonds is 7. The molecule has 4 rings (SSSR count). The van der Waals surface area contributed by atoms with Crippen molar-refractivity contribution in [2.75, 3.05) is 25.5 Å². The molecule has 2 aromatic rings. The number of hydrogen-bond donors (Lipinski definition) is 0. The normalized spacial score (nSPS) is 15.7. The van der Waals surface area contributed by atoms with Crippen LogP contribution in [0, 0.1) is 0 Å². The largest absolute Gasteiger partial charge is 0.486 e. The van der Waals surface area contributed by atoms with Crippen molar-refractivity contribution in [1.29, 1.82) is 0 Å². The molecule has 2 aliphatic rings. The fraction of sp³-hybridized carbons (Fsp3) is 0.529. The quantitative estimate of drug-likeness (QED) is 0.684. The van der Waals surface area contributed by atoms with Crippen LogP contribution >= 0.6 is 11.8 Å². The molecule has 0 atom stereocenters. The van der Waals surface area contributed by atoms with Gasteiger partial charge in [-0.15, -0.1) is 5.10 Å². The summed E-state index contributed by atoms with van der Waals surface area (Å²) in [7, 11) is 0. The molecule has 1 aromatic carbocycles. The Balaban J connectivity index is 1.37. The first kappa shape index (κ1) is 17.1. The summed E-state index contributed by atoms with van der Waals surface area (Å²) in [5.74, 6) is 1.90. The summed E-state index contributed by atoms with van der Waals surface area (Å²) in [5.41, 5.74) is 1.03. The number of nitrogens with zero attached hydrogens (tertiary/aromatic N) is 5. The Morgan fingerprint density at radius 2 is 2.12 bits per heavy atom. The molecule has 1 amide bonds. The minimum Gasteiger partial charge on any atom is -0.486 e. The Morgan fingerprint density at radius 3 is 2.88 bits per heavy atom. The SMILES string of the molecule is CCN(Cc1ccc2c(c1)OCCO2)C(=O)CSc1nnnn1C1CC1. The molecule has 0 spiro atoms. The first-order chi connectivity index (χ1) is 12.7. The van der Waals surface area contributed by atoms with E-state index in [0.29, 0.717) is 38.1 Å². The molecule has 1 saturated carbocycles. The van der Waals surface area contributed by atoms with Gasteiger partial charge in [0.15, 0.2) is 11.5 Å². The van der Waals surface area contributed by atoms with Crippen LogP contribution in [0.1, 0.15) is 31.4 Å². The molecule has 138 valence electrons. The van der Waals surface area contributed by atoms with Crippen molar-refractivity contribution < 1.29 is 14.3 Å². The van der Waals surface area contributed by atoms with Gasteiger partial charge < -0.3 is 14.4 Å². The van der Waals surface area contributed by atoms with E-state index >= 15 is 0 Å². The summed E-state index contributed by atoms with van der Waals surface area (Å²) < 4.78 is 13.0. The maximum Gasteiger partial charge on any atom is 0.233 e. The molecule has 2 heterocycles. The highest BCUT2D eigenvalue weighted by molar-refractivity contribution is 7.99. The molecular formula is C17H21N5O3S. The van der Waals surface area contributed by atoms with Crippen molar-refractivity contribution in [1.82, 2.24) is 25.1 Å². The lowest BCUT2D eigenvalue weighted by atomic mass is 10.2. The number of carbonyl (C=O) groups excluding carboxylic acids is 1. The number of tetrazole rings is 1. The van der Waals surface area contributed by atoms with Gasteiger partial charge in [-0.25, -0.2) is 4.68 Å². The zero-order chi connectivity index (χ0) is 17.9. The topological polar surface area (TPSA) is 82.4 Å². The average molecular weight is 375 g/mol. The number of amides is 1. The van der Waals surface area contributed by atoms with Crippen LogP contribution in [0.15, 0.2) is 23.4 Å². The summed E-state index contributed by atoms with van der Waals surface area (Å²) in [5, 5.41) is 12.5. The summed E-state index contributed by atoms with van der Waals surface area (Å²) in [6, 6.07) is 6.23. The van der Waals surface area contributed by atoms with Crippen molar-refractivity contribution in [3.63, 3.8) is 0 Å². The van der Waals surface area contributed by atoms with E-state index in [1.165, 1.54) is 11.8 Å². The second-order valence-corrected chi connectivity index (χ2v) is 7.25. The molecule has 26 heavy (non-hydrogen) atoms. The number of benzene rings is 1. The maximum atomic E-state index is 12.6. The predicted molar refractivity (Wildman–Crippen MR) is 95.3 cm³/mol. The van der Waals surface area contributed by atoms with Crippen molar-refractivity contribution >= 4 is 17.7 Å². The lowest BCUT2D eigenvalue weighted by Gasteiger charge is -2.23. The second kappa shape index (κ2) is 7.53. The van der Waals surface area contributed by atoms with Gasteiger partial charge in [-0.1, -0.05) is 17.8 Å². The summed E-state index contributed by atoms with van der Waals surface area (Å²) in [6.07, 6.45) is 2.22. The third kappa shape index (κ3) is 3.77. The highest BCUT2D eigenvalue weighted by Crippen LogP contribution is 2.36. The van der Waals surface area contributed by atoms with Crippen LogP contribution in [0.5, 0.6) is 11.5 Å². The van der Waals surface area contributed by atoms with Gasteiger partial charge in [-0.05, 0) is 47.9 Å². The molecule has 1 aliphatic carbocycles. The van der Waals surface area contributed by atoms with Gasteiger partial charge in [-0.2, -0.15) is 0 Å². The summed E-state index contributed by atoms with van der Waals surface area (Å²) >= 11 is 1.40. The molecule has 0 bridgehead atoms. The van der Waals surface area contributed by atoms with Crippen LogP contribution in [-0.4, -0.2) is 56.5 Å². The molecule has 1 aromatic heterocycles. The highest BCUT2D eigenvalue weighted by atomic mass is 32.2. The maximum absolute atomic E-state index is 12.6. The second-order valence-electron chi connectivity index (χ2n) is 6.31. The minimum absolute atomic E-state index is 0.0673. The van der Waals surface area contributed by atoms with E-state index in [1.807, 2.05) is 34.7 Å². The van der Waals surface area contributed by atoms with Crippen LogP contribution in [0.25, 0.3) is 0 Å². The highest BCUT2D eigenvalue weighted by Gasteiger charge is 2.28. The van der Waals surface area contributed by atoms with Gasteiger partial charge in [-0.3, -0.25) is 4.79 Å². The van der Waals surface area contributed by atoms with E-state index in [9.17, 15) is 4.79 Å².